The maximum absolute atomic E-state index is 13.2. The summed E-state index contributed by atoms with van der Waals surface area (Å²) in [6.07, 6.45) is 9.30. The number of carbonyl (C=O) groups excluding carboxylic acids is 1. The third-order valence-electron chi connectivity index (χ3n) is 6.15. The maximum Gasteiger partial charge on any atom is 0.235 e. The smallest absolute Gasteiger partial charge is 0.235 e. The van der Waals surface area contributed by atoms with Gasteiger partial charge in [-0.15, -0.1) is 10.2 Å². The van der Waals surface area contributed by atoms with Gasteiger partial charge in [0.2, 0.25) is 5.91 Å². The van der Waals surface area contributed by atoms with Crippen LogP contribution in [0.15, 0.2) is 47.9 Å². The molecule has 1 saturated carbocycles. The van der Waals surface area contributed by atoms with Crippen LogP contribution >= 0.6 is 23.4 Å². The van der Waals surface area contributed by atoms with Gasteiger partial charge < -0.3 is 4.90 Å². The molecular weight excluding hydrogens is 442 g/mol. The van der Waals surface area contributed by atoms with Crippen molar-refractivity contribution in [2.24, 2.45) is 0 Å². The zero-order valence-corrected chi connectivity index (χ0v) is 20.2. The molecule has 32 heavy (non-hydrogen) atoms. The van der Waals surface area contributed by atoms with Gasteiger partial charge in [-0.3, -0.25) is 14.3 Å². The molecule has 0 unspecified atom stereocenters. The van der Waals surface area contributed by atoms with Crippen molar-refractivity contribution in [3.05, 3.63) is 53.3 Å². The van der Waals surface area contributed by atoms with E-state index in [1.807, 2.05) is 60.7 Å². The van der Waals surface area contributed by atoms with Gasteiger partial charge in [-0.05, 0) is 56.5 Å². The van der Waals surface area contributed by atoms with Crippen LogP contribution in [-0.4, -0.2) is 48.9 Å². The zero-order chi connectivity index (χ0) is 22.7. The zero-order valence-electron chi connectivity index (χ0n) is 18.7. The van der Waals surface area contributed by atoms with Gasteiger partial charge in [-0.25, -0.2) is 0 Å². The number of hydrogen-bond acceptors (Lipinski definition) is 5. The summed E-state index contributed by atoms with van der Waals surface area (Å²) in [6.45, 7) is 3.93. The number of hydrogen-bond donors (Lipinski definition) is 0. The Morgan fingerprint density at radius 3 is 2.59 bits per heavy atom. The molecule has 0 radical (unpaired) electrons. The largest absolute Gasteiger partial charge is 0.342 e. The average Bonchev–Trinajstić information content (AvgIpc) is 3.24. The van der Waals surface area contributed by atoms with Crippen molar-refractivity contribution in [2.45, 2.75) is 62.4 Å². The van der Waals surface area contributed by atoms with Crippen LogP contribution in [0.1, 0.15) is 44.6 Å². The Labute approximate surface area is 198 Å². The predicted octanol–water partition coefficient (Wildman–Crippen LogP) is 5.56. The van der Waals surface area contributed by atoms with Crippen LogP contribution in [0.3, 0.4) is 0 Å². The molecule has 1 aliphatic rings. The minimum atomic E-state index is -0.283. The van der Waals surface area contributed by atoms with Crippen LogP contribution in [0.4, 0.5) is 0 Å². The lowest BCUT2D eigenvalue weighted by Gasteiger charge is -2.32. The second-order valence-corrected chi connectivity index (χ2v) is 9.98. The topological polar surface area (TPSA) is 63.9 Å². The first kappa shape index (κ1) is 22.8. The van der Waals surface area contributed by atoms with Crippen molar-refractivity contribution in [3.8, 4) is 17.1 Å². The Bertz CT molecular complexity index is 1080. The van der Waals surface area contributed by atoms with E-state index in [9.17, 15) is 4.79 Å². The molecule has 1 amide bonds. The molecule has 1 fully saturated rings. The van der Waals surface area contributed by atoms with E-state index in [2.05, 4.69) is 15.2 Å². The van der Waals surface area contributed by atoms with E-state index >= 15 is 0 Å². The molecule has 0 N–H and O–H groups in total. The third kappa shape index (κ3) is 4.69. The first-order valence-corrected chi connectivity index (χ1v) is 12.3. The maximum atomic E-state index is 13.2. The van der Waals surface area contributed by atoms with Gasteiger partial charge in [-0.2, -0.15) is 0 Å². The predicted molar refractivity (Wildman–Crippen MR) is 129 cm³/mol. The van der Waals surface area contributed by atoms with E-state index < -0.39 is 0 Å². The Hall–Kier alpha value is -2.38. The summed E-state index contributed by atoms with van der Waals surface area (Å²) in [7, 11) is 1.93. The average molecular weight is 470 g/mol. The van der Waals surface area contributed by atoms with Crippen LogP contribution in [-0.2, 0) is 4.79 Å². The van der Waals surface area contributed by atoms with Gasteiger partial charge in [0, 0.05) is 36.1 Å². The van der Waals surface area contributed by atoms with Gasteiger partial charge in [0.1, 0.15) is 0 Å². The monoisotopic (exact) mass is 469 g/mol. The number of nitrogens with zero attached hydrogens (tertiary/aromatic N) is 5. The summed E-state index contributed by atoms with van der Waals surface area (Å²) < 4.78 is 1.99. The number of halogens is 1. The Morgan fingerprint density at radius 1 is 1.16 bits per heavy atom. The first-order chi connectivity index (χ1) is 15.5. The molecule has 1 atom stereocenters. The summed E-state index contributed by atoms with van der Waals surface area (Å²) in [5.41, 5.74) is 2.73. The second kappa shape index (κ2) is 10.0. The lowest BCUT2D eigenvalue weighted by atomic mass is 9.94. The number of aromatic nitrogens is 4. The van der Waals surface area contributed by atoms with Crippen molar-refractivity contribution in [2.75, 3.05) is 7.05 Å². The highest BCUT2D eigenvalue weighted by atomic mass is 35.5. The first-order valence-electron chi connectivity index (χ1n) is 11.0. The van der Waals surface area contributed by atoms with E-state index in [1.165, 1.54) is 31.0 Å². The molecule has 2 heterocycles. The highest BCUT2D eigenvalue weighted by Gasteiger charge is 2.28. The number of thioether (sulfide) groups is 1. The fourth-order valence-corrected chi connectivity index (χ4v) is 5.36. The SMILES string of the molecule is Cc1c(Cl)cccc1-n1c(S[C@@H](C)C(=O)N(C)C2CCCCC2)nnc1-c1ccncc1. The third-order valence-corrected chi connectivity index (χ3v) is 7.59. The molecule has 6 nitrogen and oxygen atoms in total. The van der Waals surface area contributed by atoms with Gasteiger partial charge in [0.25, 0.3) is 0 Å². The molecule has 0 bridgehead atoms. The Balaban J connectivity index is 1.67. The van der Waals surface area contributed by atoms with Crippen molar-refractivity contribution in [1.82, 2.24) is 24.6 Å². The number of benzene rings is 1. The Morgan fingerprint density at radius 2 is 1.88 bits per heavy atom. The lowest BCUT2D eigenvalue weighted by molar-refractivity contribution is -0.131. The summed E-state index contributed by atoms with van der Waals surface area (Å²) >= 11 is 7.87. The highest BCUT2D eigenvalue weighted by molar-refractivity contribution is 8.00. The fourth-order valence-electron chi connectivity index (χ4n) is 4.23. The van der Waals surface area contributed by atoms with Crippen molar-refractivity contribution in [1.29, 1.82) is 0 Å². The quantitative estimate of drug-likeness (QED) is 0.442. The van der Waals surface area contributed by atoms with E-state index in [4.69, 9.17) is 11.6 Å². The fraction of sp³-hybridized carbons (Fsp3) is 0.417. The summed E-state index contributed by atoms with van der Waals surface area (Å²) in [6, 6.07) is 9.93. The van der Waals surface area contributed by atoms with Gasteiger partial charge in [0.05, 0.1) is 10.9 Å². The van der Waals surface area contributed by atoms with Crippen molar-refractivity contribution in [3.63, 3.8) is 0 Å². The molecule has 2 aromatic heterocycles. The number of rotatable bonds is 6. The second-order valence-electron chi connectivity index (χ2n) is 8.26. The summed E-state index contributed by atoms with van der Waals surface area (Å²) in [5, 5.41) is 10.0. The van der Waals surface area contributed by atoms with Crippen molar-refractivity contribution < 1.29 is 4.79 Å². The van der Waals surface area contributed by atoms with E-state index in [0.29, 0.717) is 22.0 Å². The Kier molecular flexibility index (Phi) is 7.16. The van der Waals surface area contributed by atoms with Crippen molar-refractivity contribution >= 4 is 29.3 Å². The number of carbonyl (C=O) groups is 1. The van der Waals surface area contributed by atoms with Gasteiger partial charge in [-0.1, -0.05) is 48.7 Å². The summed E-state index contributed by atoms with van der Waals surface area (Å²) in [4.78, 5) is 19.3. The number of amides is 1. The minimum absolute atomic E-state index is 0.129. The molecule has 0 saturated heterocycles. The van der Waals surface area contributed by atoms with Crippen LogP contribution in [0.2, 0.25) is 5.02 Å². The normalized spacial score (nSPS) is 15.5. The van der Waals surface area contributed by atoms with E-state index in [0.717, 1.165) is 29.7 Å². The molecule has 8 heteroatoms. The molecule has 168 valence electrons. The van der Waals surface area contributed by atoms with Gasteiger partial charge in [0.15, 0.2) is 11.0 Å². The molecule has 0 spiro atoms. The molecule has 1 aromatic carbocycles. The molecule has 4 rings (SSSR count). The molecule has 3 aromatic rings. The van der Waals surface area contributed by atoms with Crippen LogP contribution < -0.4 is 0 Å². The van der Waals surface area contributed by atoms with E-state index in [1.54, 1.807) is 12.4 Å². The standard InChI is InChI=1S/C24H28ClN5OS/c1-16-20(25)10-7-11-21(16)30-22(18-12-14-26-15-13-18)27-28-24(30)32-17(2)23(31)29(3)19-8-5-4-6-9-19/h7,10-15,17,19H,4-6,8-9H2,1-3H3/t17-/m0/s1. The van der Waals surface area contributed by atoms with Gasteiger partial charge >= 0.3 is 0 Å². The highest BCUT2D eigenvalue weighted by Crippen LogP contribution is 2.34. The molecule has 0 aliphatic heterocycles. The van der Waals surface area contributed by atoms with Crippen LogP contribution in [0, 0.1) is 6.92 Å². The lowest BCUT2D eigenvalue weighted by Crippen LogP contribution is -2.42. The summed E-state index contributed by atoms with van der Waals surface area (Å²) in [5.74, 6) is 0.824. The number of pyridine rings is 1. The van der Waals surface area contributed by atoms with Crippen LogP contribution in [0.5, 0.6) is 0 Å². The minimum Gasteiger partial charge on any atom is -0.342 e. The van der Waals surface area contributed by atoms with Crippen LogP contribution in [0.25, 0.3) is 17.1 Å². The molecule has 1 aliphatic carbocycles. The van der Waals surface area contributed by atoms with E-state index in [-0.39, 0.29) is 11.2 Å². The molecular formula is C24H28ClN5OS.